The van der Waals surface area contributed by atoms with E-state index in [1.54, 1.807) is 48.7 Å². The highest BCUT2D eigenvalue weighted by Gasteiger charge is 2.17. The molecule has 0 bridgehead atoms. The predicted molar refractivity (Wildman–Crippen MR) is 127 cm³/mol. The van der Waals surface area contributed by atoms with Gasteiger partial charge in [-0.3, -0.25) is 9.59 Å². The minimum Gasteiger partial charge on any atom is -0.436 e. The van der Waals surface area contributed by atoms with Gasteiger partial charge < -0.3 is 19.8 Å². The number of oxazole rings is 1. The van der Waals surface area contributed by atoms with Gasteiger partial charge in [0.2, 0.25) is 11.8 Å². The van der Waals surface area contributed by atoms with Crippen LogP contribution in [0.1, 0.15) is 15.9 Å². The first kappa shape index (κ1) is 22.0. The van der Waals surface area contributed by atoms with Crippen molar-refractivity contribution < 1.29 is 18.7 Å². The van der Waals surface area contributed by atoms with E-state index in [-0.39, 0.29) is 18.4 Å². The lowest BCUT2D eigenvalue weighted by atomic mass is 10.1. The summed E-state index contributed by atoms with van der Waals surface area (Å²) in [5.74, 6) is 0.454. The molecule has 0 aliphatic heterocycles. The van der Waals surface area contributed by atoms with E-state index < -0.39 is 0 Å². The average molecular weight is 441 g/mol. The van der Waals surface area contributed by atoms with Crippen molar-refractivity contribution in [3.8, 4) is 22.8 Å². The third-order valence-corrected chi connectivity index (χ3v) is 4.95. The molecule has 7 nitrogen and oxygen atoms in total. The largest absolute Gasteiger partial charge is 0.436 e. The molecule has 0 aliphatic rings. The van der Waals surface area contributed by atoms with Crippen molar-refractivity contribution in [1.82, 2.24) is 4.98 Å². The van der Waals surface area contributed by atoms with E-state index >= 15 is 0 Å². The van der Waals surface area contributed by atoms with Gasteiger partial charge in [0.25, 0.3) is 5.91 Å². The first-order valence-corrected chi connectivity index (χ1v) is 10.4. The summed E-state index contributed by atoms with van der Waals surface area (Å²) in [5, 5.41) is 5.58. The summed E-state index contributed by atoms with van der Waals surface area (Å²) >= 11 is 0. The first-order chi connectivity index (χ1) is 16.0. The van der Waals surface area contributed by atoms with Gasteiger partial charge in [-0.1, -0.05) is 42.0 Å². The number of hydrogen-bond acceptors (Lipinski definition) is 5. The zero-order valence-electron chi connectivity index (χ0n) is 18.3. The van der Waals surface area contributed by atoms with Crippen molar-refractivity contribution in [3.63, 3.8) is 0 Å². The molecule has 3 aromatic carbocycles. The number of rotatable bonds is 7. The SMILES string of the molecule is COCC(=O)Nc1ccc(NC(=O)c2ccccc2-c2ncc(-c3ccc(C)cc3)o2)cc1. The van der Waals surface area contributed by atoms with Crippen molar-refractivity contribution in [1.29, 1.82) is 0 Å². The number of nitrogens with zero attached hydrogens (tertiary/aromatic N) is 1. The monoisotopic (exact) mass is 441 g/mol. The molecular formula is C26H23N3O4. The topological polar surface area (TPSA) is 93.5 Å². The molecular weight excluding hydrogens is 418 g/mol. The Morgan fingerprint density at radius 1 is 0.909 bits per heavy atom. The molecule has 0 fully saturated rings. The Labute approximate surface area is 191 Å². The number of aryl methyl sites for hydroxylation is 1. The zero-order chi connectivity index (χ0) is 23.2. The smallest absolute Gasteiger partial charge is 0.256 e. The van der Waals surface area contributed by atoms with Crippen LogP contribution in [0.15, 0.2) is 83.4 Å². The Kier molecular flexibility index (Phi) is 6.61. The van der Waals surface area contributed by atoms with Crippen molar-refractivity contribution in [2.24, 2.45) is 0 Å². The highest BCUT2D eigenvalue weighted by molar-refractivity contribution is 6.08. The van der Waals surface area contributed by atoms with Crippen molar-refractivity contribution in [2.75, 3.05) is 24.4 Å². The molecule has 166 valence electrons. The number of hydrogen-bond donors (Lipinski definition) is 2. The molecule has 0 unspecified atom stereocenters. The summed E-state index contributed by atoms with van der Waals surface area (Å²) in [6.45, 7) is 2.00. The fraction of sp³-hybridized carbons (Fsp3) is 0.115. The Morgan fingerprint density at radius 3 is 2.27 bits per heavy atom. The fourth-order valence-electron chi connectivity index (χ4n) is 3.28. The second-order valence-electron chi connectivity index (χ2n) is 7.45. The Hall–Kier alpha value is -4.23. The molecule has 0 saturated carbocycles. The number of carbonyl (C=O) groups is 2. The fourth-order valence-corrected chi connectivity index (χ4v) is 3.28. The molecule has 0 spiro atoms. The van der Waals surface area contributed by atoms with Gasteiger partial charge in [0, 0.05) is 29.6 Å². The Balaban J connectivity index is 1.51. The van der Waals surface area contributed by atoms with Crippen LogP contribution in [0.5, 0.6) is 0 Å². The van der Waals surface area contributed by atoms with E-state index in [9.17, 15) is 9.59 Å². The molecule has 0 aliphatic carbocycles. The molecule has 0 atom stereocenters. The van der Waals surface area contributed by atoms with E-state index in [1.165, 1.54) is 7.11 Å². The zero-order valence-corrected chi connectivity index (χ0v) is 18.3. The van der Waals surface area contributed by atoms with E-state index in [1.807, 2.05) is 37.3 Å². The molecule has 1 heterocycles. The Morgan fingerprint density at radius 2 is 1.58 bits per heavy atom. The summed E-state index contributed by atoms with van der Waals surface area (Å²) in [7, 11) is 1.46. The third kappa shape index (κ3) is 5.34. The summed E-state index contributed by atoms with van der Waals surface area (Å²) in [6, 6.07) is 21.9. The van der Waals surface area contributed by atoms with E-state index in [0.29, 0.717) is 34.2 Å². The van der Waals surface area contributed by atoms with Crippen molar-refractivity contribution in [2.45, 2.75) is 6.92 Å². The van der Waals surface area contributed by atoms with E-state index in [4.69, 9.17) is 9.15 Å². The van der Waals surface area contributed by atoms with Crippen LogP contribution in [0.3, 0.4) is 0 Å². The van der Waals surface area contributed by atoms with E-state index in [0.717, 1.165) is 11.1 Å². The Bertz CT molecular complexity index is 1260. The van der Waals surface area contributed by atoms with Crippen LogP contribution in [0.4, 0.5) is 11.4 Å². The molecule has 2 N–H and O–H groups in total. The molecule has 0 radical (unpaired) electrons. The molecule has 33 heavy (non-hydrogen) atoms. The van der Waals surface area contributed by atoms with Crippen LogP contribution in [0.25, 0.3) is 22.8 Å². The minimum absolute atomic E-state index is 0.0261. The van der Waals surface area contributed by atoms with Crippen LogP contribution >= 0.6 is 0 Å². The van der Waals surface area contributed by atoms with Gasteiger partial charge >= 0.3 is 0 Å². The number of methoxy groups -OCH3 is 1. The molecule has 4 rings (SSSR count). The third-order valence-electron chi connectivity index (χ3n) is 4.95. The molecule has 2 amide bonds. The van der Waals surface area contributed by atoms with Crippen molar-refractivity contribution in [3.05, 3.63) is 90.1 Å². The highest BCUT2D eigenvalue weighted by Crippen LogP contribution is 2.29. The second-order valence-corrected chi connectivity index (χ2v) is 7.45. The number of benzene rings is 3. The molecule has 4 aromatic rings. The lowest BCUT2D eigenvalue weighted by Gasteiger charge is -2.10. The summed E-state index contributed by atoms with van der Waals surface area (Å²) in [4.78, 5) is 29.0. The van der Waals surface area contributed by atoms with Gasteiger partial charge in [0.15, 0.2) is 5.76 Å². The van der Waals surface area contributed by atoms with E-state index in [2.05, 4.69) is 15.6 Å². The number of ether oxygens (including phenoxy) is 1. The van der Waals surface area contributed by atoms with Crippen LogP contribution in [-0.2, 0) is 9.53 Å². The van der Waals surface area contributed by atoms with Crippen LogP contribution in [-0.4, -0.2) is 30.5 Å². The number of nitrogens with one attached hydrogen (secondary N) is 2. The molecule has 7 heteroatoms. The van der Waals surface area contributed by atoms with Gasteiger partial charge in [-0.2, -0.15) is 0 Å². The summed E-state index contributed by atoms with van der Waals surface area (Å²) in [6.07, 6.45) is 1.66. The number of carbonyl (C=O) groups excluding carboxylic acids is 2. The average Bonchev–Trinajstić information content (AvgIpc) is 3.31. The second kappa shape index (κ2) is 9.93. The van der Waals surface area contributed by atoms with Gasteiger partial charge in [0.05, 0.1) is 11.8 Å². The maximum Gasteiger partial charge on any atom is 0.256 e. The lowest BCUT2D eigenvalue weighted by Crippen LogP contribution is -2.17. The first-order valence-electron chi connectivity index (χ1n) is 10.4. The predicted octanol–water partition coefficient (Wildman–Crippen LogP) is 5.15. The number of amides is 2. The van der Waals surface area contributed by atoms with Gasteiger partial charge in [-0.05, 0) is 43.3 Å². The van der Waals surface area contributed by atoms with Gasteiger partial charge in [-0.15, -0.1) is 0 Å². The van der Waals surface area contributed by atoms with Crippen LogP contribution in [0, 0.1) is 6.92 Å². The maximum atomic E-state index is 13.0. The standard InChI is InChI=1S/C26H23N3O4/c1-17-7-9-18(10-8-17)23-15-27-26(33-23)22-6-4-3-5-21(22)25(31)29-20-13-11-19(12-14-20)28-24(30)16-32-2/h3-15H,16H2,1-2H3,(H,28,30)(H,29,31). The van der Waals surface area contributed by atoms with Gasteiger partial charge in [-0.25, -0.2) is 4.98 Å². The number of aromatic nitrogens is 1. The van der Waals surface area contributed by atoms with Crippen LogP contribution in [0.2, 0.25) is 0 Å². The summed E-state index contributed by atoms with van der Waals surface area (Å²) in [5.41, 5.74) is 4.31. The molecule has 0 saturated heterocycles. The van der Waals surface area contributed by atoms with Crippen LogP contribution < -0.4 is 10.6 Å². The quantitative estimate of drug-likeness (QED) is 0.413. The minimum atomic E-state index is -0.295. The molecule has 1 aromatic heterocycles. The van der Waals surface area contributed by atoms with Gasteiger partial charge in [0.1, 0.15) is 6.61 Å². The van der Waals surface area contributed by atoms with Crippen molar-refractivity contribution >= 4 is 23.2 Å². The highest BCUT2D eigenvalue weighted by atomic mass is 16.5. The maximum absolute atomic E-state index is 13.0. The summed E-state index contributed by atoms with van der Waals surface area (Å²) < 4.78 is 10.8. The normalized spacial score (nSPS) is 10.6. The lowest BCUT2D eigenvalue weighted by molar-refractivity contribution is -0.119. The number of anilines is 2.